The normalized spacial score (nSPS) is 15.7. The molecule has 0 aromatic heterocycles. The van der Waals surface area contributed by atoms with Crippen molar-refractivity contribution < 1.29 is 17.9 Å². The van der Waals surface area contributed by atoms with Crippen LogP contribution in [0.5, 0.6) is 0 Å². The Morgan fingerprint density at radius 1 is 1.06 bits per heavy atom. The van der Waals surface area contributed by atoms with E-state index in [1.54, 1.807) is 6.07 Å². The van der Waals surface area contributed by atoms with Crippen LogP contribution < -0.4 is 15.4 Å². The maximum Gasteiger partial charge on any atom is 0.411 e. The third kappa shape index (κ3) is 6.97. The van der Waals surface area contributed by atoms with Crippen LogP contribution in [0, 0.1) is 5.92 Å². The zero-order valence-electron chi connectivity index (χ0n) is 18.8. The Bertz CT molecular complexity index is 987. The van der Waals surface area contributed by atoms with Gasteiger partial charge in [-0.05, 0) is 55.2 Å². The Labute approximate surface area is 191 Å². The lowest BCUT2D eigenvalue weighted by Crippen LogP contribution is -2.29. The summed E-state index contributed by atoms with van der Waals surface area (Å²) in [4.78, 5) is 11.4. The van der Waals surface area contributed by atoms with E-state index in [0.717, 1.165) is 17.9 Å². The molecule has 0 aliphatic heterocycles. The van der Waals surface area contributed by atoms with Crippen molar-refractivity contribution in [1.29, 1.82) is 0 Å². The number of anilines is 2. The molecule has 8 heteroatoms. The lowest BCUT2D eigenvalue weighted by molar-refractivity contribution is 0.187. The van der Waals surface area contributed by atoms with Crippen molar-refractivity contribution in [2.75, 3.05) is 17.1 Å². The molecule has 32 heavy (non-hydrogen) atoms. The smallest absolute Gasteiger partial charge is 0.411 e. The first-order valence-electron chi connectivity index (χ1n) is 11.2. The molecule has 1 fully saturated rings. The first-order valence-corrected chi connectivity index (χ1v) is 12.6. The minimum Gasteiger partial charge on any atom is -0.453 e. The van der Waals surface area contributed by atoms with E-state index in [0.29, 0.717) is 24.0 Å². The largest absolute Gasteiger partial charge is 0.453 e. The second-order valence-electron chi connectivity index (χ2n) is 8.43. The Balaban J connectivity index is 1.62. The number of amides is 1. The van der Waals surface area contributed by atoms with Crippen molar-refractivity contribution in [3.05, 3.63) is 54.1 Å². The first kappa shape index (κ1) is 24.1. The van der Waals surface area contributed by atoms with Gasteiger partial charge in [-0.3, -0.25) is 10.0 Å². The summed E-state index contributed by atoms with van der Waals surface area (Å²) in [5.41, 5.74) is 1.91. The van der Waals surface area contributed by atoms with E-state index < -0.39 is 16.1 Å². The number of methoxy groups -OCH3 is 1. The standard InChI is InChI=1S/C24H33N3O4S/c1-18(16-19-8-4-3-5-9-19)25-17-20-10-6-7-11-23(20)27-32(29,30)22-14-12-21(13-15-22)26-24(28)31-2/h6-7,10-15,18-19,25,27H,3-5,8-9,16-17H2,1-2H3,(H,26,28). The van der Waals surface area contributed by atoms with Gasteiger partial charge in [-0.15, -0.1) is 0 Å². The number of sulfonamides is 1. The molecule has 1 unspecified atom stereocenters. The molecule has 0 radical (unpaired) electrons. The van der Waals surface area contributed by atoms with Crippen LogP contribution in [0.2, 0.25) is 0 Å². The zero-order chi connectivity index (χ0) is 23.0. The maximum absolute atomic E-state index is 12.9. The van der Waals surface area contributed by atoms with Crippen molar-refractivity contribution in [3.63, 3.8) is 0 Å². The van der Waals surface area contributed by atoms with E-state index in [4.69, 9.17) is 0 Å². The highest BCUT2D eigenvalue weighted by molar-refractivity contribution is 7.92. The van der Waals surface area contributed by atoms with Gasteiger partial charge in [0.05, 0.1) is 17.7 Å². The molecule has 1 aliphatic carbocycles. The van der Waals surface area contributed by atoms with Crippen molar-refractivity contribution >= 4 is 27.5 Å². The Kier molecular flexibility index (Phi) is 8.53. The van der Waals surface area contributed by atoms with Gasteiger partial charge in [0.1, 0.15) is 0 Å². The fourth-order valence-electron chi connectivity index (χ4n) is 4.15. The van der Waals surface area contributed by atoms with Gasteiger partial charge in [-0.2, -0.15) is 0 Å². The highest BCUT2D eigenvalue weighted by Crippen LogP contribution is 2.27. The molecule has 1 amide bonds. The predicted octanol–water partition coefficient (Wildman–Crippen LogP) is 5.11. The van der Waals surface area contributed by atoms with Crippen molar-refractivity contribution in [2.45, 2.75) is 62.9 Å². The van der Waals surface area contributed by atoms with E-state index in [-0.39, 0.29) is 4.90 Å². The van der Waals surface area contributed by atoms with E-state index in [1.165, 1.54) is 63.5 Å². The number of nitrogens with one attached hydrogen (secondary N) is 3. The monoisotopic (exact) mass is 459 g/mol. The van der Waals surface area contributed by atoms with Crippen LogP contribution in [-0.4, -0.2) is 27.7 Å². The highest BCUT2D eigenvalue weighted by atomic mass is 32.2. The first-order chi connectivity index (χ1) is 15.4. The SMILES string of the molecule is COC(=O)Nc1ccc(S(=O)(=O)Nc2ccccc2CNC(C)CC2CCCCC2)cc1. The summed E-state index contributed by atoms with van der Waals surface area (Å²) in [6.07, 6.45) is 7.20. The molecular weight excluding hydrogens is 426 g/mol. The summed E-state index contributed by atoms with van der Waals surface area (Å²) >= 11 is 0. The van der Waals surface area contributed by atoms with Crippen LogP contribution in [0.1, 0.15) is 51.0 Å². The molecule has 2 aromatic rings. The summed E-state index contributed by atoms with van der Waals surface area (Å²) in [6.45, 7) is 2.79. The van der Waals surface area contributed by atoms with Gasteiger partial charge in [-0.25, -0.2) is 13.2 Å². The molecule has 1 aliphatic rings. The fraction of sp³-hybridized carbons (Fsp3) is 0.458. The van der Waals surface area contributed by atoms with Gasteiger partial charge < -0.3 is 10.1 Å². The second kappa shape index (κ2) is 11.3. The van der Waals surface area contributed by atoms with Crippen LogP contribution in [0.3, 0.4) is 0 Å². The molecule has 0 bridgehead atoms. The fourth-order valence-corrected chi connectivity index (χ4v) is 5.26. The lowest BCUT2D eigenvalue weighted by atomic mass is 9.85. The topological polar surface area (TPSA) is 96.5 Å². The molecule has 2 aromatic carbocycles. The third-order valence-electron chi connectivity index (χ3n) is 5.91. The van der Waals surface area contributed by atoms with Gasteiger partial charge in [0, 0.05) is 18.3 Å². The summed E-state index contributed by atoms with van der Waals surface area (Å²) in [5.74, 6) is 0.789. The minimum atomic E-state index is -3.77. The summed E-state index contributed by atoms with van der Waals surface area (Å²) in [5, 5.41) is 6.06. The summed E-state index contributed by atoms with van der Waals surface area (Å²) in [6, 6.07) is 13.7. The van der Waals surface area contributed by atoms with Gasteiger partial charge in [0.2, 0.25) is 0 Å². The summed E-state index contributed by atoms with van der Waals surface area (Å²) in [7, 11) is -2.50. The van der Waals surface area contributed by atoms with Crippen molar-refractivity contribution in [1.82, 2.24) is 5.32 Å². The number of carbonyl (C=O) groups excluding carboxylic acids is 1. The van der Waals surface area contributed by atoms with Crippen LogP contribution in [0.25, 0.3) is 0 Å². The molecular formula is C24H33N3O4S. The zero-order valence-corrected chi connectivity index (χ0v) is 19.6. The highest BCUT2D eigenvalue weighted by Gasteiger charge is 2.18. The number of benzene rings is 2. The van der Waals surface area contributed by atoms with Crippen LogP contribution in [-0.2, 0) is 21.3 Å². The predicted molar refractivity (Wildman–Crippen MR) is 127 cm³/mol. The number of para-hydroxylation sites is 1. The number of hydrogen-bond acceptors (Lipinski definition) is 5. The van der Waals surface area contributed by atoms with Gasteiger partial charge in [-0.1, -0.05) is 50.3 Å². The van der Waals surface area contributed by atoms with Gasteiger partial charge >= 0.3 is 6.09 Å². The molecule has 0 saturated heterocycles. The Hall–Kier alpha value is -2.58. The van der Waals surface area contributed by atoms with E-state index in [9.17, 15) is 13.2 Å². The molecule has 1 saturated carbocycles. The Morgan fingerprint density at radius 3 is 2.44 bits per heavy atom. The van der Waals surface area contributed by atoms with Gasteiger partial charge in [0.15, 0.2) is 0 Å². The van der Waals surface area contributed by atoms with E-state index in [2.05, 4.69) is 27.0 Å². The minimum absolute atomic E-state index is 0.112. The van der Waals surface area contributed by atoms with Crippen LogP contribution >= 0.6 is 0 Å². The Morgan fingerprint density at radius 2 is 1.75 bits per heavy atom. The van der Waals surface area contributed by atoms with Crippen molar-refractivity contribution in [2.24, 2.45) is 5.92 Å². The van der Waals surface area contributed by atoms with E-state index >= 15 is 0 Å². The molecule has 0 heterocycles. The molecule has 174 valence electrons. The molecule has 7 nitrogen and oxygen atoms in total. The molecule has 3 rings (SSSR count). The average molecular weight is 460 g/mol. The lowest BCUT2D eigenvalue weighted by Gasteiger charge is -2.25. The van der Waals surface area contributed by atoms with Gasteiger partial charge in [0.25, 0.3) is 10.0 Å². The number of hydrogen-bond donors (Lipinski definition) is 3. The number of carbonyl (C=O) groups is 1. The molecule has 1 atom stereocenters. The molecule has 3 N–H and O–H groups in total. The second-order valence-corrected chi connectivity index (χ2v) is 10.1. The third-order valence-corrected chi connectivity index (χ3v) is 7.29. The number of rotatable bonds is 9. The van der Waals surface area contributed by atoms with Crippen LogP contribution in [0.4, 0.5) is 16.2 Å². The number of ether oxygens (including phenoxy) is 1. The van der Waals surface area contributed by atoms with Crippen molar-refractivity contribution in [3.8, 4) is 0 Å². The average Bonchev–Trinajstić information content (AvgIpc) is 2.79. The van der Waals surface area contributed by atoms with E-state index in [1.807, 2.05) is 18.2 Å². The quantitative estimate of drug-likeness (QED) is 0.484. The molecule has 0 spiro atoms. The van der Waals surface area contributed by atoms with Crippen LogP contribution in [0.15, 0.2) is 53.4 Å². The summed E-state index contributed by atoms with van der Waals surface area (Å²) < 4.78 is 33.0. The maximum atomic E-state index is 12.9.